The third-order valence-corrected chi connectivity index (χ3v) is 6.69. The van der Waals surface area contributed by atoms with Crippen molar-refractivity contribution >= 4 is 46.7 Å². The van der Waals surface area contributed by atoms with Crippen molar-refractivity contribution in [2.75, 3.05) is 49.1 Å². The lowest BCUT2D eigenvalue weighted by molar-refractivity contribution is -0.133. The zero-order chi connectivity index (χ0) is 20.4. The number of carbonyl (C=O) groups excluding carboxylic acids is 1. The van der Waals surface area contributed by atoms with Gasteiger partial charge in [-0.2, -0.15) is 0 Å². The zero-order valence-corrected chi connectivity index (χ0v) is 17.4. The van der Waals surface area contributed by atoms with Gasteiger partial charge in [0.15, 0.2) is 5.82 Å². The van der Waals surface area contributed by atoms with Crippen molar-refractivity contribution in [3.05, 3.63) is 23.5 Å². The average Bonchev–Trinajstić information content (AvgIpc) is 3.27. The molecule has 0 aliphatic carbocycles. The van der Waals surface area contributed by atoms with Crippen molar-refractivity contribution in [2.45, 2.75) is 28.8 Å². The first-order valence-electron chi connectivity index (χ1n) is 9.50. The number of nitrogens with zero attached hydrogens (tertiary/aromatic N) is 5. The second kappa shape index (κ2) is 8.60. The molecule has 0 radical (unpaired) electrons. The summed E-state index contributed by atoms with van der Waals surface area (Å²) in [5.41, 5.74) is 11.9. The molecule has 0 unspecified atom stereocenters. The summed E-state index contributed by atoms with van der Waals surface area (Å²) in [4.78, 5) is 30.2. The highest BCUT2D eigenvalue weighted by atomic mass is 35.5. The Hall–Kier alpha value is -2.30. The summed E-state index contributed by atoms with van der Waals surface area (Å²) in [6.45, 7) is 3.66. The second-order valence-electron chi connectivity index (χ2n) is 6.99. The van der Waals surface area contributed by atoms with E-state index in [-0.39, 0.29) is 17.8 Å². The zero-order valence-electron chi connectivity index (χ0n) is 15.8. The highest BCUT2D eigenvalue weighted by Crippen LogP contribution is 2.36. The molecule has 1 amide bonds. The number of hydrogen-bond donors (Lipinski definition) is 3. The smallest absolute Gasteiger partial charge is 0.239 e. The molecule has 0 bridgehead atoms. The third-order valence-electron chi connectivity index (χ3n) is 5.11. The van der Waals surface area contributed by atoms with Crippen LogP contribution in [0, 0.1) is 0 Å². The quantitative estimate of drug-likeness (QED) is 0.651. The van der Waals surface area contributed by atoms with Crippen LogP contribution >= 0.6 is 23.4 Å². The van der Waals surface area contributed by atoms with Gasteiger partial charge >= 0.3 is 0 Å². The molecule has 0 spiro atoms. The van der Waals surface area contributed by atoms with Gasteiger partial charge in [0.05, 0.1) is 17.3 Å². The summed E-state index contributed by atoms with van der Waals surface area (Å²) in [5, 5.41) is 4.20. The first-order chi connectivity index (χ1) is 14.0. The molecule has 4 rings (SSSR count). The number of nitrogens with two attached hydrogens (primary N) is 2. The highest BCUT2D eigenvalue weighted by molar-refractivity contribution is 7.99. The highest BCUT2D eigenvalue weighted by Gasteiger charge is 2.29. The molecule has 9 nitrogen and oxygen atoms in total. The monoisotopic (exact) mass is 434 g/mol. The average molecular weight is 435 g/mol. The largest absolute Gasteiger partial charge is 0.382 e. The van der Waals surface area contributed by atoms with Crippen LogP contribution in [0.1, 0.15) is 12.8 Å². The fourth-order valence-electron chi connectivity index (χ4n) is 3.51. The van der Waals surface area contributed by atoms with Crippen LogP contribution in [0.4, 0.5) is 17.5 Å². The number of carbonyl (C=O) groups is 1. The van der Waals surface area contributed by atoms with Crippen molar-refractivity contribution in [2.24, 2.45) is 0 Å². The summed E-state index contributed by atoms with van der Waals surface area (Å²) in [5.74, 6) is 1.50. The molecule has 0 saturated carbocycles. The predicted molar refractivity (Wildman–Crippen MR) is 114 cm³/mol. The first kappa shape index (κ1) is 20.0. The van der Waals surface area contributed by atoms with E-state index in [0.717, 1.165) is 24.3 Å². The molecule has 1 atom stereocenters. The van der Waals surface area contributed by atoms with Gasteiger partial charge in [0.25, 0.3) is 0 Å². The molecular weight excluding hydrogens is 412 g/mol. The summed E-state index contributed by atoms with van der Waals surface area (Å²) in [7, 11) is 0. The van der Waals surface area contributed by atoms with Crippen LogP contribution in [-0.4, -0.2) is 64.5 Å². The van der Waals surface area contributed by atoms with Crippen LogP contribution in [0.2, 0.25) is 5.02 Å². The van der Waals surface area contributed by atoms with Gasteiger partial charge in [0.2, 0.25) is 5.91 Å². The van der Waals surface area contributed by atoms with Gasteiger partial charge in [0.1, 0.15) is 16.7 Å². The fourth-order valence-corrected chi connectivity index (χ4v) is 4.52. The minimum Gasteiger partial charge on any atom is -0.382 e. The predicted octanol–water partition coefficient (Wildman–Crippen LogP) is 1.24. The van der Waals surface area contributed by atoms with E-state index in [1.165, 1.54) is 11.8 Å². The Bertz CT molecular complexity index is 899. The van der Waals surface area contributed by atoms with Gasteiger partial charge in [-0.1, -0.05) is 23.4 Å². The van der Waals surface area contributed by atoms with E-state index in [0.29, 0.717) is 47.9 Å². The Morgan fingerprint density at radius 1 is 1.21 bits per heavy atom. The second-order valence-corrected chi connectivity index (χ2v) is 8.40. The molecular formula is C18H23ClN8OS. The number of rotatable bonds is 4. The van der Waals surface area contributed by atoms with Gasteiger partial charge < -0.3 is 26.6 Å². The standard InChI is InChI=1S/C18H23ClN8OS/c19-14-12(3-5-23-15(14)20)29-17-16(21)25-13(10-24-17)26-6-8-27(9-7-26)18(28)11-2-1-4-22-11/h3,5,10-11,22H,1-2,4,6-9H2,(H2,20,23)(H2,21,25)/t11-/m0/s1. The molecule has 2 fully saturated rings. The lowest BCUT2D eigenvalue weighted by Gasteiger charge is -2.36. The Morgan fingerprint density at radius 3 is 2.69 bits per heavy atom. The number of nitrogen functional groups attached to an aromatic ring is 2. The van der Waals surface area contributed by atoms with Gasteiger partial charge in [0, 0.05) is 37.3 Å². The summed E-state index contributed by atoms with van der Waals surface area (Å²) >= 11 is 7.49. The Morgan fingerprint density at radius 2 is 2.00 bits per heavy atom. The summed E-state index contributed by atoms with van der Waals surface area (Å²) < 4.78 is 0. The van der Waals surface area contributed by atoms with Crippen LogP contribution in [0.25, 0.3) is 0 Å². The van der Waals surface area contributed by atoms with Crippen LogP contribution in [0.3, 0.4) is 0 Å². The topological polar surface area (TPSA) is 126 Å². The molecule has 2 saturated heterocycles. The number of pyridine rings is 1. The van der Waals surface area contributed by atoms with Gasteiger partial charge in [-0.3, -0.25) is 4.79 Å². The normalized spacial score (nSPS) is 19.6. The van der Waals surface area contributed by atoms with E-state index >= 15 is 0 Å². The molecule has 2 aromatic heterocycles. The number of amides is 1. The van der Waals surface area contributed by atoms with E-state index in [9.17, 15) is 4.79 Å². The summed E-state index contributed by atoms with van der Waals surface area (Å²) in [6.07, 6.45) is 5.27. The Balaban J connectivity index is 1.39. The van der Waals surface area contributed by atoms with Crippen molar-refractivity contribution in [1.82, 2.24) is 25.2 Å². The number of nitrogens with one attached hydrogen (secondary N) is 1. The minimum absolute atomic E-state index is 0.0256. The van der Waals surface area contributed by atoms with Crippen LogP contribution in [0.5, 0.6) is 0 Å². The number of halogens is 1. The molecule has 11 heteroatoms. The summed E-state index contributed by atoms with van der Waals surface area (Å²) in [6, 6.07) is 1.73. The van der Waals surface area contributed by atoms with Crippen LogP contribution < -0.4 is 21.7 Å². The molecule has 5 N–H and O–H groups in total. The van der Waals surface area contributed by atoms with E-state index in [1.807, 2.05) is 4.90 Å². The first-order valence-corrected chi connectivity index (χ1v) is 10.7. The van der Waals surface area contributed by atoms with Crippen molar-refractivity contribution in [3.8, 4) is 0 Å². The number of aromatic nitrogens is 3. The van der Waals surface area contributed by atoms with Crippen molar-refractivity contribution in [3.63, 3.8) is 0 Å². The maximum atomic E-state index is 12.5. The number of piperazine rings is 1. The van der Waals surface area contributed by atoms with E-state index < -0.39 is 0 Å². The van der Waals surface area contributed by atoms with E-state index in [1.54, 1.807) is 18.5 Å². The maximum Gasteiger partial charge on any atom is 0.239 e. The van der Waals surface area contributed by atoms with Gasteiger partial charge in [-0.05, 0) is 25.5 Å². The molecule has 29 heavy (non-hydrogen) atoms. The van der Waals surface area contributed by atoms with Crippen molar-refractivity contribution < 1.29 is 4.79 Å². The molecule has 4 heterocycles. The molecule has 0 aromatic carbocycles. The maximum absolute atomic E-state index is 12.5. The van der Waals surface area contributed by atoms with Crippen molar-refractivity contribution in [1.29, 1.82) is 0 Å². The lowest BCUT2D eigenvalue weighted by Crippen LogP contribution is -2.53. The van der Waals surface area contributed by atoms with E-state index in [2.05, 4.69) is 25.2 Å². The molecule has 2 aliphatic rings. The Kier molecular flexibility index (Phi) is 5.93. The molecule has 154 valence electrons. The SMILES string of the molecule is Nc1nc(N2CCN(C(=O)[C@@H]3CCCN3)CC2)cnc1Sc1ccnc(N)c1Cl. The molecule has 2 aliphatic heterocycles. The number of hydrogen-bond acceptors (Lipinski definition) is 9. The third kappa shape index (κ3) is 4.34. The number of anilines is 3. The Labute approximate surface area is 178 Å². The molecule has 2 aromatic rings. The van der Waals surface area contributed by atoms with Gasteiger partial charge in [-0.15, -0.1) is 0 Å². The van der Waals surface area contributed by atoms with Crippen LogP contribution in [0.15, 0.2) is 28.4 Å². The van der Waals surface area contributed by atoms with Crippen LogP contribution in [-0.2, 0) is 4.79 Å². The van der Waals surface area contributed by atoms with E-state index in [4.69, 9.17) is 23.1 Å². The van der Waals surface area contributed by atoms with Gasteiger partial charge in [-0.25, -0.2) is 15.0 Å². The fraction of sp³-hybridized carbons (Fsp3) is 0.444. The minimum atomic E-state index is -0.0256. The lowest BCUT2D eigenvalue weighted by atomic mass is 10.2.